The Morgan fingerprint density at radius 3 is 2.42 bits per heavy atom. The van der Waals surface area contributed by atoms with Gasteiger partial charge in [0.1, 0.15) is 6.10 Å². The summed E-state index contributed by atoms with van der Waals surface area (Å²) in [4.78, 5) is 29.6. The maximum atomic E-state index is 15.0. The average Bonchev–Trinajstić information content (AvgIpc) is 3.61. The second kappa shape index (κ2) is 11.0. The van der Waals surface area contributed by atoms with Gasteiger partial charge in [-0.2, -0.15) is 0 Å². The predicted octanol–water partition coefficient (Wildman–Crippen LogP) is 5.15. The van der Waals surface area contributed by atoms with Crippen LogP contribution in [0.3, 0.4) is 0 Å². The average molecular weight is 672 g/mol. The molecule has 3 heterocycles. The number of Topliss-reactive ketones (excluding diaryl/α,β-unsaturated/α-hetero) is 1. The summed E-state index contributed by atoms with van der Waals surface area (Å²) in [7, 11) is 0. The summed E-state index contributed by atoms with van der Waals surface area (Å²) in [5.74, 6) is 1.08. The largest absolute Gasteiger partial charge is 0.457 e. The third-order valence-electron chi connectivity index (χ3n) is 16.3. The molecule has 3 saturated heterocycles. The van der Waals surface area contributed by atoms with Crippen LogP contribution in [0.4, 0.5) is 0 Å². The summed E-state index contributed by atoms with van der Waals surface area (Å²) in [5.41, 5.74) is -1.39. The molecule has 5 saturated carbocycles. The predicted molar refractivity (Wildman–Crippen MR) is 178 cm³/mol. The van der Waals surface area contributed by atoms with Gasteiger partial charge >= 0.3 is 5.97 Å². The van der Waals surface area contributed by atoms with Crippen molar-refractivity contribution in [3.63, 3.8) is 0 Å². The lowest BCUT2D eigenvalue weighted by Crippen LogP contribution is -2.60. The van der Waals surface area contributed by atoms with E-state index in [1.54, 1.807) is 13.8 Å². The summed E-state index contributed by atoms with van der Waals surface area (Å²) in [6.07, 6.45) is 6.69. The van der Waals surface area contributed by atoms with Gasteiger partial charge in [-0.15, -0.1) is 0 Å². The van der Waals surface area contributed by atoms with Gasteiger partial charge in [-0.1, -0.05) is 34.6 Å². The molecule has 8 fully saturated rings. The van der Waals surface area contributed by atoms with Crippen LogP contribution in [0.15, 0.2) is 0 Å². The number of aliphatic hydroxyl groups is 1. The number of esters is 1. The summed E-state index contributed by atoms with van der Waals surface area (Å²) >= 11 is 0. The highest BCUT2D eigenvalue weighted by atomic mass is 16.7. The Morgan fingerprint density at radius 2 is 1.75 bits per heavy atom. The topological polar surface area (TPSA) is 104 Å². The van der Waals surface area contributed by atoms with Crippen molar-refractivity contribution in [2.45, 2.75) is 149 Å². The Hall–Kier alpha value is -1.10. The van der Waals surface area contributed by atoms with Crippen molar-refractivity contribution in [2.75, 3.05) is 32.9 Å². The molecule has 0 aromatic heterocycles. The highest BCUT2D eigenvalue weighted by Gasteiger charge is 2.85. The van der Waals surface area contributed by atoms with Gasteiger partial charge in [-0.3, -0.25) is 14.5 Å². The van der Waals surface area contributed by atoms with Crippen LogP contribution in [0.25, 0.3) is 0 Å². The molecule has 2 spiro atoms. The number of morpholine rings is 1. The number of ether oxygens (including phenoxy) is 5. The molecule has 13 atom stereocenters. The van der Waals surface area contributed by atoms with Crippen LogP contribution in [0, 0.1) is 50.7 Å². The summed E-state index contributed by atoms with van der Waals surface area (Å²) in [5, 5.41) is 11.0. The van der Waals surface area contributed by atoms with Crippen molar-refractivity contribution < 1.29 is 38.4 Å². The van der Waals surface area contributed by atoms with Gasteiger partial charge in [0.15, 0.2) is 18.2 Å². The Kier molecular flexibility index (Phi) is 7.76. The Balaban J connectivity index is 1.03. The second-order valence-corrected chi connectivity index (χ2v) is 19.1. The van der Waals surface area contributed by atoms with Crippen LogP contribution in [0.2, 0.25) is 0 Å². The van der Waals surface area contributed by atoms with E-state index >= 15 is 4.79 Å². The number of ketones is 1. The standard InChI is InChI=1S/C39H61NO8/c1-22-17-25(33(35(5,6)43)46-23(2)41)47-31-30(22)36(7)13-14-39-21-38(39)12-11-28(48-29-18-40(15-16-45-29)24-19-44-20-24)34(3,4)26(38)9-10-27(39)37(36,8)32(31)42/h22,24-31,33,43H,9-21H2,1-8H3/t22-,25?,26+,27?,28?,29+,30+,31?,33+,36-,37-,38-,39+/m1/s1. The maximum Gasteiger partial charge on any atom is 0.303 e. The van der Waals surface area contributed by atoms with Crippen molar-refractivity contribution in [3.05, 3.63) is 0 Å². The van der Waals surface area contributed by atoms with E-state index in [-0.39, 0.29) is 51.7 Å². The molecule has 8 aliphatic rings. The van der Waals surface area contributed by atoms with Gasteiger partial charge in [-0.25, -0.2) is 0 Å². The van der Waals surface area contributed by atoms with Gasteiger partial charge in [0.05, 0.1) is 50.2 Å². The van der Waals surface area contributed by atoms with E-state index in [4.69, 9.17) is 23.7 Å². The molecule has 8 rings (SSSR count). The molecule has 1 N–H and O–H groups in total. The number of nitrogens with zero attached hydrogens (tertiary/aromatic N) is 1. The van der Waals surface area contributed by atoms with Gasteiger partial charge in [-0.05, 0) is 105 Å². The molecule has 4 unspecified atom stereocenters. The minimum absolute atomic E-state index is 0.0287. The third kappa shape index (κ3) is 4.49. The maximum absolute atomic E-state index is 15.0. The Labute approximate surface area is 287 Å². The number of fused-ring (bicyclic) bond motifs is 4. The zero-order chi connectivity index (χ0) is 34.2. The molecule has 5 aliphatic carbocycles. The molecule has 9 nitrogen and oxygen atoms in total. The third-order valence-corrected chi connectivity index (χ3v) is 16.3. The number of rotatable bonds is 6. The lowest BCUT2D eigenvalue weighted by molar-refractivity contribution is -0.255. The fourth-order valence-electron chi connectivity index (χ4n) is 14.0. The normalized spacial score (nSPS) is 50.6. The van der Waals surface area contributed by atoms with Crippen LogP contribution in [0.5, 0.6) is 0 Å². The van der Waals surface area contributed by atoms with Gasteiger partial charge in [0.25, 0.3) is 0 Å². The van der Waals surface area contributed by atoms with Crippen molar-refractivity contribution in [3.8, 4) is 0 Å². The minimum Gasteiger partial charge on any atom is -0.457 e. The van der Waals surface area contributed by atoms with Crippen molar-refractivity contribution in [1.29, 1.82) is 0 Å². The molecule has 9 heteroatoms. The number of hydrogen-bond donors (Lipinski definition) is 1. The van der Waals surface area contributed by atoms with Crippen LogP contribution >= 0.6 is 0 Å². The molecule has 48 heavy (non-hydrogen) atoms. The lowest BCUT2D eigenvalue weighted by Gasteiger charge is -2.62. The van der Waals surface area contributed by atoms with E-state index < -0.39 is 35.3 Å². The summed E-state index contributed by atoms with van der Waals surface area (Å²) in [6, 6.07) is 0.501. The van der Waals surface area contributed by atoms with Crippen LogP contribution in [-0.2, 0) is 33.3 Å². The van der Waals surface area contributed by atoms with E-state index in [1.165, 1.54) is 26.2 Å². The van der Waals surface area contributed by atoms with Crippen molar-refractivity contribution in [1.82, 2.24) is 4.90 Å². The SMILES string of the molecule is CC(=O)O[C@@H](C1C[C@@H](C)[C@H]2C(O1)C(=O)[C@@]1(C)C3CC[C@H]4C(C)(C)C(O[C@H]5CN(C6COC6)CCO5)CC[C@@]45C[C@@]35CC[C@]21C)C(C)(C)O. The number of carbonyl (C=O) groups excluding carboxylic acids is 2. The van der Waals surface area contributed by atoms with Crippen molar-refractivity contribution >= 4 is 11.8 Å². The molecule has 270 valence electrons. The first-order valence-corrected chi connectivity index (χ1v) is 19.2. The monoisotopic (exact) mass is 671 g/mol. The highest BCUT2D eigenvalue weighted by molar-refractivity contribution is 5.93. The quantitative estimate of drug-likeness (QED) is 0.384. The molecule has 3 aliphatic heterocycles. The van der Waals surface area contributed by atoms with Gasteiger partial charge < -0.3 is 28.8 Å². The second-order valence-electron chi connectivity index (χ2n) is 19.1. The van der Waals surface area contributed by atoms with E-state index in [0.717, 1.165) is 52.0 Å². The zero-order valence-corrected chi connectivity index (χ0v) is 30.7. The summed E-state index contributed by atoms with van der Waals surface area (Å²) < 4.78 is 31.0. The minimum atomic E-state index is -1.28. The first-order valence-electron chi connectivity index (χ1n) is 19.2. The van der Waals surface area contributed by atoms with E-state index in [9.17, 15) is 9.90 Å². The molecular weight excluding hydrogens is 610 g/mol. The van der Waals surface area contributed by atoms with E-state index in [0.29, 0.717) is 30.9 Å². The molecular formula is C39H61NO8. The fourth-order valence-corrected chi connectivity index (χ4v) is 14.0. The fraction of sp³-hybridized carbons (Fsp3) is 0.949. The first kappa shape index (κ1) is 34.0. The van der Waals surface area contributed by atoms with Crippen LogP contribution in [-0.4, -0.2) is 97.0 Å². The van der Waals surface area contributed by atoms with E-state index in [2.05, 4.69) is 39.5 Å². The number of hydrogen-bond acceptors (Lipinski definition) is 9. The molecule has 0 radical (unpaired) electrons. The first-order chi connectivity index (χ1) is 22.5. The Morgan fingerprint density at radius 1 is 1.04 bits per heavy atom. The van der Waals surface area contributed by atoms with E-state index in [1.807, 2.05) is 0 Å². The molecule has 0 aromatic rings. The van der Waals surface area contributed by atoms with Crippen molar-refractivity contribution in [2.24, 2.45) is 50.7 Å². The van der Waals surface area contributed by atoms with Crippen LogP contribution < -0.4 is 0 Å². The Bertz CT molecular complexity index is 1330. The smallest absolute Gasteiger partial charge is 0.303 e. The summed E-state index contributed by atoms with van der Waals surface area (Å²) in [6.45, 7) is 20.7. The van der Waals surface area contributed by atoms with Gasteiger partial charge in [0, 0.05) is 24.8 Å². The molecule has 0 aromatic carbocycles. The zero-order valence-electron chi connectivity index (χ0n) is 30.7. The lowest BCUT2D eigenvalue weighted by atomic mass is 9.41. The molecule has 0 bridgehead atoms. The van der Waals surface area contributed by atoms with Gasteiger partial charge in [0.2, 0.25) is 0 Å². The highest BCUT2D eigenvalue weighted by Crippen LogP contribution is 2.89. The van der Waals surface area contributed by atoms with Crippen LogP contribution in [0.1, 0.15) is 107 Å². The molecule has 0 amide bonds. The number of carbonyl (C=O) groups is 2.